The van der Waals surface area contributed by atoms with Crippen LogP contribution in [0.15, 0.2) is 23.1 Å². The Morgan fingerprint density at radius 1 is 1.47 bits per heavy atom. The fourth-order valence-corrected chi connectivity index (χ4v) is 2.11. The molecule has 94 valence electrons. The van der Waals surface area contributed by atoms with Crippen LogP contribution < -0.4 is 10.5 Å². The fourth-order valence-electron chi connectivity index (χ4n) is 1.37. The van der Waals surface area contributed by atoms with Crippen molar-refractivity contribution < 1.29 is 17.5 Å². The summed E-state index contributed by atoms with van der Waals surface area (Å²) in [5.41, 5.74) is 5.73. The lowest BCUT2D eigenvalue weighted by Gasteiger charge is -2.09. The third-order valence-corrected chi connectivity index (χ3v) is 3.24. The third kappa shape index (κ3) is 3.04. The molecule has 0 bridgehead atoms. The van der Waals surface area contributed by atoms with Gasteiger partial charge in [-0.2, -0.15) is 0 Å². The summed E-state index contributed by atoms with van der Waals surface area (Å²) in [5, 5.41) is 0. The van der Waals surface area contributed by atoms with Crippen LogP contribution in [-0.4, -0.2) is 28.3 Å². The van der Waals surface area contributed by atoms with E-state index in [9.17, 15) is 12.8 Å². The number of benzene rings is 1. The number of hydrogen-bond acceptors (Lipinski definition) is 4. The Bertz CT molecular complexity index is 538. The molecular formula is C11H14FNO3S. The number of halogens is 1. The highest BCUT2D eigenvalue weighted by Crippen LogP contribution is 2.29. The van der Waals surface area contributed by atoms with Crippen molar-refractivity contribution in [1.29, 1.82) is 0 Å². The second kappa shape index (κ2) is 5.29. The largest absolute Gasteiger partial charge is 0.493 e. The minimum Gasteiger partial charge on any atom is -0.493 e. The molecule has 6 heteroatoms. The zero-order valence-corrected chi connectivity index (χ0v) is 10.4. The van der Waals surface area contributed by atoms with Crippen LogP contribution in [0.1, 0.15) is 5.56 Å². The van der Waals surface area contributed by atoms with E-state index >= 15 is 0 Å². The van der Waals surface area contributed by atoms with Gasteiger partial charge < -0.3 is 10.5 Å². The molecule has 0 atom stereocenters. The van der Waals surface area contributed by atoms with Crippen LogP contribution in [-0.2, 0) is 9.84 Å². The Kier molecular flexibility index (Phi) is 4.25. The molecule has 0 aliphatic rings. The molecule has 1 rings (SSSR count). The number of rotatable bonds is 4. The van der Waals surface area contributed by atoms with Gasteiger partial charge in [0.15, 0.2) is 21.4 Å². The minimum absolute atomic E-state index is 0.0994. The summed E-state index contributed by atoms with van der Waals surface area (Å²) in [6, 6.07) is 2.69. The first-order valence-corrected chi connectivity index (χ1v) is 6.74. The summed E-state index contributed by atoms with van der Waals surface area (Å²) in [5.74, 6) is -0.980. The predicted octanol–water partition coefficient (Wildman–Crippen LogP) is 1.21. The second-order valence-corrected chi connectivity index (χ2v) is 5.39. The Labute approximate surface area is 99.8 Å². The highest BCUT2D eigenvalue weighted by Gasteiger charge is 2.19. The van der Waals surface area contributed by atoms with Crippen LogP contribution in [0.5, 0.6) is 5.75 Å². The van der Waals surface area contributed by atoms with Gasteiger partial charge >= 0.3 is 0 Å². The Morgan fingerprint density at radius 3 is 2.59 bits per heavy atom. The van der Waals surface area contributed by atoms with E-state index in [-0.39, 0.29) is 10.6 Å². The molecule has 0 saturated heterocycles. The molecule has 0 spiro atoms. The quantitative estimate of drug-likeness (QED) is 0.882. The molecule has 17 heavy (non-hydrogen) atoms. The number of hydrogen-bond donors (Lipinski definition) is 1. The highest BCUT2D eigenvalue weighted by molar-refractivity contribution is 7.90. The van der Waals surface area contributed by atoms with E-state index in [1.165, 1.54) is 19.2 Å². The van der Waals surface area contributed by atoms with Gasteiger partial charge in [-0.05, 0) is 12.1 Å². The number of ether oxygens (including phenoxy) is 1. The molecule has 0 aliphatic heterocycles. The van der Waals surface area contributed by atoms with Gasteiger partial charge in [0.2, 0.25) is 0 Å². The first-order valence-electron chi connectivity index (χ1n) is 4.85. The molecule has 0 fully saturated rings. The lowest BCUT2D eigenvalue weighted by Crippen LogP contribution is -2.04. The number of methoxy groups -OCH3 is 1. The molecule has 0 saturated carbocycles. The predicted molar refractivity (Wildman–Crippen MR) is 64.2 cm³/mol. The molecule has 2 N–H and O–H groups in total. The molecule has 4 nitrogen and oxygen atoms in total. The maximum Gasteiger partial charge on any atom is 0.184 e. The van der Waals surface area contributed by atoms with Gasteiger partial charge in [0, 0.05) is 18.4 Å². The summed E-state index contributed by atoms with van der Waals surface area (Å²) in [4.78, 5) is -0.376. The smallest absolute Gasteiger partial charge is 0.184 e. The molecule has 0 aliphatic carbocycles. The van der Waals surface area contributed by atoms with Gasteiger partial charge in [-0.15, -0.1) is 0 Å². The van der Waals surface area contributed by atoms with Gasteiger partial charge in [0.25, 0.3) is 0 Å². The Morgan fingerprint density at radius 2 is 2.12 bits per heavy atom. The van der Waals surface area contributed by atoms with Crippen molar-refractivity contribution in [3.8, 4) is 5.75 Å². The molecular weight excluding hydrogens is 245 g/mol. The third-order valence-electron chi connectivity index (χ3n) is 2.13. The first kappa shape index (κ1) is 13.7. The van der Waals surface area contributed by atoms with E-state index < -0.39 is 15.7 Å². The van der Waals surface area contributed by atoms with Crippen molar-refractivity contribution in [2.24, 2.45) is 5.73 Å². The van der Waals surface area contributed by atoms with Crippen molar-refractivity contribution in [3.05, 3.63) is 29.6 Å². The molecule has 1 aromatic carbocycles. The molecule has 1 aromatic rings. The van der Waals surface area contributed by atoms with Gasteiger partial charge in [-0.25, -0.2) is 12.8 Å². The number of nitrogens with two attached hydrogens (primary N) is 1. The fraction of sp³-hybridized carbons (Fsp3) is 0.273. The summed E-state index contributed by atoms with van der Waals surface area (Å²) in [7, 11) is -2.33. The molecule has 0 amide bonds. The van der Waals surface area contributed by atoms with E-state index in [2.05, 4.69) is 0 Å². The van der Waals surface area contributed by atoms with Crippen molar-refractivity contribution in [2.45, 2.75) is 4.90 Å². The van der Waals surface area contributed by atoms with Crippen molar-refractivity contribution in [1.82, 2.24) is 0 Å². The normalized spacial score (nSPS) is 12.0. The second-order valence-electron chi connectivity index (χ2n) is 3.41. The topological polar surface area (TPSA) is 69.4 Å². The van der Waals surface area contributed by atoms with E-state index in [1.54, 1.807) is 12.2 Å². The lowest BCUT2D eigenvalue weighted by atomic mass is 10.2. The Hall–Kier alpha value is -1.40. The van der Waals surface area contributed by atoms with Crippen LogP contribution >= 0.6 is 0 Å². The molecule has 0 radical (unpaired) electrons. The number of sulfone groups is 1. The van der Waals surface area contributed by atoms with Crippen LogP contribution in [0.25, 0.3) is 6.08 Å². The van der Waals surface area contributed by atoms with Crippen LogP contribution in [0.4, 0.5) is 4.39 Å². The summed E-state index contributed by atoms with van der Waals surface area (Å²) in [6.07, 6.45) is 4.14. The molecule has 0 aromatic heterocycles. The minimum atomic E-state index is -3.61. The lowest BCUT2D eigenvalue weighted by molar-refractivity contribution is 0.379. The monoisotopic (exact) mass is 259 g/mol. The summed E-state index contributed by atoms with van der Waals surface area (Å²) >= 11 is 0. The SMILES string of the molecule is COc1c(/C=C/CN)ccc(S(C)(=O)=O)c1F. The van der Waals surface area contributed by atoms with E-state index in [0.717, 1.165) is 6.26 Å². The average molecular weight is 259 g/mol. The molecule has 0 heterocycles. The van der Waals surface area contributed by atoms with Crippen LogP contribution in [0.2, 0.25) is 0 Å². The van der Waals surface area contributed by atoms with Crippen molar-refractivity contribution >= 4 is 15.9 Å². The maximum absolute atomic E-state index is 13.9. The van der Waals surface area contributed by atoms with Gasteiger partial charge in [0.1, 0.15) is 4.90 Å². The highest BCUT2D eigenvalue weighted by atomic mass is 32.2. The Balaban J connectivity index is 3.42. The summed E-state index contributed by atoms with van der Waals surface area (Å²) in [6.45, 7) is 0.304. The van der Waals surface area contributed by atoms with E-state index in [0.29, 0.717) is 12.1 Å². The van der Waals surface area contributed by atoms with Crippen LogP contribution in [0.3, 0.4) is 0 Å². The van der Waals surface area contributed by atoms with Gasteiger partial charge in [-0.3, -0.25) is 0 Å². The summed E-state index contributed by atoms with van der Waals surface area (Å²) < 4.78 is 41.4. The van der Waals surface area contributed by atoms with Gasteiger partial charge in [0.05, 0.1) is 7.11 Å². The zero-order chi connectivity index (χ0) is 13.1. The van der Waals surface area contributed by atoms with E-state index in [4.69, 9.17) is 10.5 Å². The standard InChI is InChI=1S/C11H14FNO3S/c1-16-11-8(4-3-7-13)5-6-9(10(11)12)17(2,14)15/h3-6H,7,13H2,1-2H3/b4-3+. The average Bonchev–Trinajstić information content (AvgIpc) is 2.24. The zero-order valence-electron chi connectivity index (χ0n) is 9.60. The van der Waals surface area contributed by atoms with Crippen molar-refractivity contribution in [3.63, 3.8) is 0 Å². The van der Waals surface area contributed by atoms with E-state index in [1.807, 2.05) is 0 Å². The van der Waals surface area contributed by atoms with Gasteiger partial charge in [-0.1, -0.05) is 12.2 Å². The first-order chi connectivity index (χ1) is 7.91. The maximum atomic E-state index is 13.9. The molecule has 0 unspecified atom stereocenters. The van der Waals surface area contributed by atoms with Crippen LogP contribution in [0, 0.1) is 5.82 Å². The van der Waals surface area contributed by atoms with Crippen molar-refractivity contribution in [2.75, 3.05) is 19.9 Å².